The fourth-order valence-corrected chi connectivity index (χ4v) is 2.01. The molecule has 2 nitrogen and oxygen atoms in total. The first-order chi connectivity index (χ1) is 8.75. The van der Waals surface area contributed by atoms with Crippen LogP contribution in [0.2, 0.25) is 0 Å². The Morgan fingerprint density at radius 2 is 1.39 bits per heavy atom. The smallest absolute Gasteiger partial charge is 0.166 e. The Hall–Kier alpha value is -1.74. The summed E-state index contributed by atoms with van der Waals surface area (Å²) in [7, 11) is -0.0256. The van der Waals surface area contributed by atoms with E-state index in [1.165, 1.54) is 0 Å². The first-order valence-corrected chi connectivity index (χ1v) is 7.74. The highest BCUT2D eigenvalue weighted by Gasteiger charge is 2.01. The Kier molecular flexibility index (Phi) is 4.42. The normalized spacial score (nSPS) is 11.6. The molecule has 0 bridgehead atoms. The van der Waals surface area contributed by atoms with Crippen LogP contribution in [0.4, 0.5) is 5.69 Å². The molecule has 0 saturated carbocycles. The molecule has 0 aliphatic rings. The van der Waals surface area contributed by atoms with Crippen LogP contribution >= 0.6 is 0 Å². The molecule has 0 atom stereocenters. The number of aliphatic imine (C=N–C) groups is 1. The molecule has 0 saturated heterocycles. The van der Waals surface area contributed by atoms with E-state index in [2.05, 4.69) is 21.9 Å². The highest BCUT2D eigenvalue weighted by molar-refractivity contribution is 7.86. The van der Waals surface area contributed by atoms with Crippen LogP contribution in [0, 0.1) is 0 Å². The van der Waals surface area contributed by atoms with Crippen molar-refractivity contribution in [3.63, 3.8) is 0 Å². The molecular weight excluding hydrogens is 240 g/mol. The Morgan fingerprint density at radius 1 is 0.833 bits per heavy atom. The summed E-state index contributed by atoms with van der Waals surface area (Å²) >= 11 is 0. The van der Waals surface area contributed by atoms with E-state index < -0.39 is 0 Å². The maximum absolute atomic E-state index is 4.63. The number of hydrogen-bond acceptors (Lipinski definition) is 1. The first kappa shape index (κ1) is 12.7. The molecule has 92 valence electrons. The second-order valence-electron chi connectivity index (χ2n) is 4.00. The predicted molar refractivity (Wildman–Crippen MR) is 80.7 cm³/mol. The summed E-state index contributed by atoms with van der Waals surface area (Å²) < 4.78 is 4.62. The van der Waals surface area contributed by atoms with Crippen molar-refractivity contribution in [3.8, 4) is 0 Å². The quantitative estimate of drug-likeness (QED) is 0.576. The van der Waals surface area contributed by atoms with Crippen LogP contribution in [0.15, 0.2) is 70.0 Å². The highest BCUT2D eigenvalue weighted by atomic mass is 32.2. The van der Waals surface area contributed by atoms with Gasteiger partial charge in [0, 0.05) is 5.56 Å². The van der Waals surface area contributed by atoms with E-state index in [1.807, 2.05) is 60.7 Å². The van der Waals surface area contributed by atoms with Gasteiger partial charge in [0.15, 0.2) is 5.84 Å². The van der Waals surface area contributed by atoms with Crippen LogP contribution < -0.4 is 0 Å². The fourth-order valence-electron chi connectivity index (χ4n) is 1.52. The summed E-state index contributed by atoms with van der Waals surface area (Å²) in [6.45, 7) is 0. The Labute approximate surface area is 111 Å². The number of para-hydroxylation sites is 1. The van der Waals surface area contributed by atoms with Crippen LogP contribution in [0.25, 0.3) is 0 Å². The minimum atomic E-state index is -0.0256. The van der Waals surface area contributed by atoms with E-state index in [9.17, 15) is 0 Å². The molecule has 0 heterocycles. The predicted octanol–water partition coefficient (Wildman–Crippen LogP) is 3.83. The molecule has 2 aromatic carbocycles. The van der Waals surface area contributed by atoms with Crippen LogP contribution in [0.5, 0.6) is 0 Å². The van der Waals surface area contributed by atoms with Crippen molar-refractivity contribution in [1.82, 2.24) is 0 Å². The largest absolute Gasteiger partial charge is 0.228 e. The minimum Gasteiger partial charge on any atom is -0.228 e. The van der Waals surface area contributed by atoms with Gasteiger partial charge >= 0.3 is 0 Å². The van der Waals surface area contributed by atoms with E-state index in [1.54, 1.807) is 0 Å². The van der Waals surface area contributed by atoms with Crippen LogP contribution in [0.1, 0.15) is 5.56 Å². The maximum atomic E-state index is 4.63. The van der Waals surface area contributed by atoms with Crippen molar-refractivity contribution in [2.75, 3.05) is 12.5 Å². The van der Waals surface area contributed by atoms with Crippen LogP contribution in [0.3, 0.4) is 0 Å². The van der Waals surface area contributed by atoms with Gasteiger partial charge < -0.3 is 0 Å². The second kappa shape index (κ2) is 6.26. The maximum Gasteiger partial charge on any atom is 0.166 e. The Bertz CT molecular complexity index is 556. The molecule has 0 spiro atoms. The van der Waals surface area contributed by atoms with Gasteiger partial charge in [-0.05, 0) is 24.6 Å². The van der Waals surface area contributed by atoms with Crippen LogP contribution in [-0.2, 0) is 10.7 Å². The van der Waals surface area contributed by atoms with Crippen molar-refractivity contribution >= 4 is 22.2 Å². The summed E-state index contributed by atoms with van der Waals surface area (Å²) in [5, 5.41) is 0. The van der Waals surface area contributed by atoms with E-state index >= 15 is 0 Å². The summed E-state index contributed by atoms with van der Waals surface area (Å²) in [5.74, 6) is 0.801. The van der Waals surface area contributed by atoms with Gasteiger partial charge in [0.25, 0.3) is 0 Å². The third-order valence-electron chi connectivity index (χ3n) is 2.29. The van der Waals surface area contributed by atoms with E-state index in [4.69, 9.17) is 0 Å². The van der Waals surface area contributed by atoms with E-state index in [0.717, 1.165) is 17.1 Å². The number of nitrogens with zero attached hydrogens (tertiary/aromatic N) is 2. The molecule has 0 N–H and O–H groups in total. The summed E-state index contributed by atoms with van der Waals surface area (Å²) in [4.78, 5) is 4.63. The summed E-state index contributed by atoms with van der Waals surface area (Å²) in [6.07, 6.45) is 4.17. The van der Waals surface area contributed by atoms with E-state index in [-0.39, 0.29) is 10.7 Å². The van der Waals surface area contributed by atoms with E-state index in [0.29, 0.717) is 0 Å². The molecule has 0 unspecified atom stereocenters. The van der Waals surface area contributed by atoms with Gasteiger partial charge in [0.2, 0.25) is 0 Å². The summed E-state index contributed by atoms with van der Waals surface area (Å²) in [5.41, 5.74) is 1.99. The number of hydrogen-bond donors (Lipinski definition) is 0. The monoisotopic (exact) mass is 256 g/mol. The fraction of sp³-hybridized carbons (Fsp3) is 0.133. The van der Waals surface area contributed by atoms with Gasteiger partial charge in [0.1, 0.15) is 0 Å². The zero-order valence-corrected chi connectivity index (χ0v) is 11.4. The third kappa shape index (κ3) is 3.64. The molecule has 2 aromatic rings. The lowest BCUT2D eigenvalue weighted by molar-refractivity contribution is 1.46. The molecule has 0 fully saturated rings. The molecule has 0 radical (unpaired) electrons. The van der Waals surface area contributed by atoms with Gasteiger partial charge in [-0.3, -0.25) is 0 Å². The average molecular weight is 256 g/mol. The molecule has 0 amide bonds. The second-order valence-corrected chi connectivity index (χ2v) is 5.73. The Morgan fingerprint density at radius 3 is 1.94 bits per heavy atom. The first-order valence-electron chi connectivity index (χ1n) is 5.74. The SMILES string of the molecule is CS(C)=NC(=Nc1ccccc1)c1ccccc1. The molecule has 18 heavy (non-hydrogen) atoms. The molecule has 2 rings (SSSR count). The lowest BCUT2D eigenvalue weighted by atomic mass is 10.2. The Balaban J connectivity index is 2.44. The molecule has 3 heteroatoms. The summed E-state index contributed by atoms with van der Waals surface area (Å²) in [6, 6.07) is 20.0. The lowest BCUT2D eigenvalue weighted by Crippen LogP contribution is -1.98. The van der Waals surface area contributed by atoms with Gasteiger partial charge in [-0.15, -0.1) is 0 Å². The molecular formula is C15H16N2S. The number of benzene rings is 2. The van der Waals surface area contributed by atoms with Crippen molar-refractivity contribution in [3.05, 3.63) is 66.2 Å². The topological polar surface area (TPSA) is 24.7 Å². The number of amidine groups is 1. The zero-order valence-electron chi connectivity index (χ0n) is 10.6. The molecule has 0 aliphatic carbocycles. The lowest BCUT2D eigenvalue weighted by Gasteiger charge is -2.02. The van der Waals surface area contributed by atoms with Crippen molar-refractivity contribution < 1.29 is 0 Å². The van der Waals surface area contributed by atoms with Crippen molar-refractivity contribution in [2.45, 2.75) is 0 Å². The average Bonchev–Trinajstić information content (AvgIpc) is 2.40. The standard InChI is InChI=1S/C15H16N2S/c1-18(2)17-15(13-9-5-3-6-10-13)16-14-11-7-4-8-12-14/h3-12H,1-2H3. The zero-order chi connectivity index (χ0) is 12.8. The minimum absolute atomic E-state index is 0.0256. The third-order valence-corrected chi connectivity index (χ3v) is 2.83. The van der Waals surface area contributed by atoms with Crippen molar-refractivity contribution in [2.24, 2.45) is 9.36 Å². The highest BCUT2D eigenvalue weighted by Crippen LogP contribution is 2.14. The van der Waals surface area contributed by atoms with Gasteiger partial charge in [-0.2, -0.15) is 0 Å². The molecule has 0 aliphatic heterocycles. The molecule has 0 aromatic heterocycles. The van der Waals surface area contributed by atoms with Gasteiger partial charge in [-0.1, -0.05) is 59.2 Å². The van der Waals surface area contributed by atoms with Crippen molar-refractivity contribution in [1.29, 1.82) is 0 Å². The van der Waals surface area contributed by atoms with Gasteiger partial charge in [0.05, 0.1) is 5.69 Å². The van der Waals surface area contributed by atoms with Crippen LogP contribution in [-0.4, -0.2) is 18.3 Å². The number of rotatable bonds is 2. The van der Waals surface area contributed by atoms with Gasteiger partial charge in [-0.25, -0.2) is 9.36 Å².